The zero-order valence-corrected chi connectivity index (χ0v) is 12.0. The predicted molar refractivity (Wildman–Crippen MR) is 75.3 cm³/mol. The minimum atomic E-state index is -0.997. The number of carboxylic acid groups (broad SMARTS) is 1. The summed E-state index contributed by atoms with van der Waals surface area (Å²) in [7, 11) is 0. The highest BCUT2D eigenvalue weighted by molar-refractivity contribution is 5.71. The maximum absolute atomic E-state index is 13.4. The molecular formula is C15H15FN2O3. The molecule has 1 N–H and O–H groups in total. The van der Waals surface area contributed by atoms with Crippen LogP contribution in [0.15, 0.2) is 23.0 Å². The lowest BCUT2D eigenvalue weighted by Crippen LogP contribution is -2.27. The Balaban J connectivity index is 2.71. The number of carbonyl (C=O) groups is 1. The molecule has 0 amide bonds. The van der Waals surface area contributed by atoms with Gasteiger partial charge in [-0.25, -0.2) is 9.18 Å². The molecule has 2 rings (SSSR count). The topological polar surface area (TPSA) is 72.2 Å². The lowest BCUT2D eigenvalue weighted by molar-refractivity contribution is -0.136. The van der Waals surface area contributed by atoms with E-state index in [1.165, 1.54) is 22.8 Å². The fourth-order valence-corrected chi connectivity index (χ4v) is 2.28. The van der Waals surface area contributed by atoms with E-state index in [2.05, 4.69) is 4.98 Å². The molecule has 2 aromatic rings. The van der Waals surface area contributed by atoms with Gasteiger partial charge in [0.05, 0.1) is 12.1 Å². The van der Waals surface area contributed by atoms with Crippen LogP contribution in [0.1, 0.15) is 22.5 Å². The van der Waals surface area contributed by atoms with E-state index >= 15 is 0 Å². The van der Waals surface area contributed by atoms with Crippen molar-refractivity contribution in [1.82, 2.24) is 9.55 Å². The molecule has 21 heavy (non-hydrogen) atoms. The van der Waals surface area contributed by atoms with E-state index in [1.807, 2.05) is 0 Å². The summed E-state index contributed by atoms with van der Waals surface area (Å²) in [6.07, 6.45) is -0.217. The van der Waals surface area contributed by atoms with Crippen LogP contribution in [0.25, 0.3) is 5.69 Å². The third-order valence-electron chi connectivity index (χ3n) is 3.39. The quantitative estimate of drug-likeness (QED) is 0.937. The van der Waals surface area contributed by atoms with Crippen LogP contribution in [-0.4, -0.2) is 20.6 Å². The van der Waals surface area contributed by atoms with Gasteiger partial charge >= 0.3 is 11.7 Å². The highest BCUT2D eigenvalue weighted by Gasteiger charge is 2.15. The third kappa shape index (κ3) is 2.84. The number of rotatable bonds is 3. The molecule has 0 radical (unpaired) electrons. The van der Waals surface area contributed by atoms with Crippen LogP contribution in [0.4, 0.5) is 4.39 Å². The molecule has 110 valence electrons. The second-order valence-corrected chi connectivity index (χ2v) is 4.88. The molecule has 1 aromatic heterocycles. The minimum absolute atomic E-state index is 0.217. The molecule has 0 saturated heterocycles. The van der Waals surface area contributed by atoms with Gasteiger partial charge in [-0.3, -0.25) is 9.36 Å². The molecule has 0 aliphatic rings. The fraction of sp³-hybridized carbons (Fsp3) is 0.267. The number of aliphatic carboxylic acids is 1. The zero-order valence-electron chi connectivity index (χ0n) is 12.0. The SMILES string of the molecule is Cc1cc(-n2c(C)c(CC(=O)O)c(C)nc2=O)ccc1F. The summed E-state index contributed by atoms with van der Waals surface area (Å²) < 4.78 is 14.7. The predicted octanol–water partition coefficient (Wildman–Crippen LogP) is 1.92. The summed E-state index contributed by atoms with van der Waals surface area (Å²) in [6, 6.07) is 4.27. The van der Waals surface area contributed by atoms with Gasteiger partial charge < -0.3 is 5.11 Å². The van der Waals surface area contributed by atoms with Gasteiger partial charge in [-0.1, -0.05) is 0 Å². The van der Waals surface area contributed by atoms with Gasteiger partial charge in [-0.2, -0.15) is 4.98 Å². The Labute approximate surface area is 120 Å². The highest BCUT2D eigenvalue weighted by Crippen LogP contribution is 2.17. The van der Waals surface area contributed by atoms with Gasteiger partial charge in [0, 0.05) is 17.0 Å². The lowest BCUT2D eigenvalue weighted by atomic mass is 10.1. The van der Waals surface area contributed by atoms with Crippen molar-refractivity contribution in [3.05, 3.63) is 57.0 Å². The minimum Gasteiger partial charge on any atom is -0.481 e. The number of halogens is 1. The van der Waals surface area contributed by atoms with Crippen molar-refractivity contribution >= 4 is 5.97 Å². The Morgan fingerprint density at radius 2 is 2.00 bits per heavy atom. The summed E-state index contributed by atoms with van der Waals surface area (Å²) in [5.74, 6) is -1.36. The van der Waals surface area contributed by atoms with Crippen molar-refractivity contribution in [2.24, 2.45) is 0 Å². The van der Waals surface area contributed by atoms with Crippen LogP contribution >= 0.6 is 0 Å². The molecule has 0 spiro atoms. The summed E-state index contributed by atoms with van der Waals surface area (Å²) in [5.41, 5.74) is 1.75. The number of aromatic nitrogens is 2. The van der Waals surface area contributed by atoms with Crippen LogP contribution in [-0.2, 0) is 11.2 Å². The summed E-state index contributed by atoms with van der Waals surface area (Å²) in [4.78, 5) is 26.9. The monoisotopic (exact) mass is 290 g/mol. The Hall–Kier alpha value is -2.50. The summed E-state index contributed by atoms with van der Waals surface area (Å²) in [5, 5.41) is 8.96. The molecule has 0 bridgehead atoms. The van der Waals surface area contributed by atoms with E-state index < -0.39 is 11.7 Å². The van der Waals surface area contributed by atoms with E-state index in [4.69, 9.17) is 5.11 Å². The Morgan fingerprint density at radius 1 is 1.33 bits per heavy atom. The van der Waals surface area contributed by atoms with Crippen molar-refractivity contribution < 1.29 is 14.3 Å². The fourth-order valence-electron chi connectivity index (χ4n) is 2.28. The number of aryl methyl sites for hydroxylation is 2. The van der Waals surface area contributed by atoms with Crippen LogP contribution in [0, 0.1) is 26.6 Å². The van der Waals surface area contributed by atoms with Crippen molar-refractivity contribution in [2.75, 3.05) is 0 Å². The molecule has 0 aliphatic carbocycles. The van der Waals surface area contributed by atoms with Gasteiger partial charge in [0.25, 0.3) is 0 Å². The Bertz CT molecular complexity index is 781. The molecular weight excluding hydrogens is 275 g/mol. The van der Waals surface area contributed by atoms with Crippen molar-refractivity contribution in [3.8, 4) is 5.69 Å². The van der Waals surface area contributed by atoms with Gasteiger partial charge in [0.2, 0.25) is 0 Å². The van der Waals surface area contributed by atoms with Crippen LogP contribution in [0.5, 0.6) is 0 Å². The van der Waals surface area contributed by atoms with Gasteiger partial charge in [0.15, 0.2) is 0 Å². The van der Waals surface area contributed by atoms with Gasteiger partial charge in [-0.05, 0) is 44.5 Å². The zero-order chi connectivity index (χ0) is 15.7. The first kappa shape index (κ1) is 14.9. The van der Waals surface area contributed by atoms with Gasteiger partial charge in [0.1, 0.15) is 5.82 Å². The van der Waals surface area contributed by atoms with E-state index in [9.17, 15) is 14.0 Å². The molecule has 0 atom stereocenters. The van der Waals surface area contributed by atoms with E-state index in [1.54, 1.807) is 20.8 Å². The van der Waals surface area contributed by atoms with Crippen molar-refractivity contribution in [3.63, 3.8) is 0 Å². The molecule has 0 unspecified atom stereocenters. The average Bonchev–Trinajstić information content (AvgIpc) is 2.38. The highest BCUT2D eigenvalue weighted by atomic mass is 19.1. The molecule has 0 aliphatic heterocycles. The van der Waals surface area contributed by atoms with Crippen LogP contribution < -0.4 is 5.69 Å². The number of hydrogen-bond acceptors (Lipinski definition) is 3. The van der Waals surface area contributed by atoms with E-state index in [0.717, 1.165) is 0 Å². The van der Waals surface area contributed by atoms with Crippen LogP contribution in [0.3, 0.4) is 0 Å². The normalized spacial score (nSPS) is 10.7. The largest absolute Gasteiger partial charge is 0.481 e. The second kappa shape index (κ2) is 5.47. The first-order valence-corrected chi connectivity index (χ1v) is 6.38. The number of nitrogens with zero attached hydrogens (tertiary/aromatic N) is 2. The first-order chi connectivity index (χ1) is 9.81. The molecule has 1 heterocycles. The smallest absolute Gasteiger partial charge is 0.352 e. The standard InChI is InChI=1S/C15H15FN2O3/c1-8-6-11(4-5-13(8)16)18-10(3)12(7-14(19)20)9(2)17-15(18)21/h4-6H,7H2,1-3H3,(H,19,20). The molecule has 0 fully saturated rings. The average molecular weight is 290 g/mol. The Morgan fingerprint density at radius 3 is 2.57 bits per heavy atom. The van der Waals surface area contributed by atoms with Crippen molar-refractivity contribution in [1.29, 1.82) is 0 Å². The van der Waals surface area contributed by atoms with E-state index in [0.29, 0.717) is 28.2 Å². The first-order valence-electron chi connectivity index (χ1n) is 6.38. The number of hydrogen-bond donors (Lipinski definition) is 1. The number of benzene rings is 1. The molecule has 5 nitrogen and oxygen atoms in total. The van der Waals surface area contributed by atoms with E-state index in [-0.39, 0.29) is 12.2 Å². The number of carboxylic acids is 1. The molecule has 6 heteroatoms. The Kier molecular flexibility index (Phi) is 3.88. The molecule has 1 aromatic carbocycles. The molecule has 0 saturated carbocycles. The maximum atomic E-state index is 13.4. The lowest BCUT2D eigenvalue weighted by Gasteiger charge is -2.15. The maximum Gasteiger partial charge on any atom is 0.352 e. The summed E-state index contributed by atoms with van der Waals surface area (Å²) in [6.45, 7) is 4.86. The second-order valence-electron chi connectivity index (χ2n) is 4.88. The summed E-state index contributed by atoms with van der Waals surface area (Å²) >= 11 is 0. The van der Waals surface area contributed by atoms with Gasteiger partial charge in [-0.15, -0.1) is 0 Å². The van der Waals surface area contributed by atoms with Crippen molar-refractivity contribution in [2.45, 2.75) is 27.2 Å². The third-order valence-corrected chi connectivity index (χ3v) is 3.39. The van der Waals surface area contributed by atoms with Crippen LogP contribution in [0.2, 0.25) is 0 Å².